The fraction of sp³-hybridized carbons (Fsp3) is 0.188. The topological polar surface area (TPSA) is 50.4 Å². The molecule has 0 aromatic heterocycles. The fourth-order valence-electron chi connectivity index (χ4n) is 1.87. The van der Waals surface area contributed by atoms with Crippen molar-refractivity contribution in [2.75, 3.05) is 25.5 Å². The largest absolute Gasteiger partial charge is 0.492 e. The van der Waals surface area contributed by atoms with Crippen LogP contribution in [0.2, 0.25) is 5.02 Å². The summed E-state index contributed by atoms with van der Waals surface area (Å²) in [6.07, 6.45) is 0. The van der Waals surface area contributed by atoms with E-state index in [9.17, 15) is 4.79 Å². The molecule has 110 valence electrons. The van der Waals surface area contributed by atoms with Gasteiger partial charge in [-0.25, -0.2) is 0 Å². The Morgan fingerprint density at radius 3 is 2.67 bits per heavy atom. The molecule has 0 atom stereocenters. The van der Waals surface area contributed by atoms with Gasteiger partial charge in [0.05, 0.1) is 12.1 Å². The van der Waals surface area contributed by atoms with Crippen molar-refractivity contribution in [3.05, 3.63) is 59.1 Å². The molecule has 2 aromatic carbocycles. The number of nitrogens with one attached hydrogen (secondary N) is 2. The summed E-state index contributed by atoms with van der Waals surface area (Å²) in [6.45, 7) is 0.828. The van der Waals surface area contributed by atoms with Crippen molar-refractivity contribution in [2.24, 2.45) is 0 Å². The van der Waals surface area contributed by atoms with E-state index in [1.807, 2.05) is 30.3 Å². The number of carbonyl (C=O) groups is 1. The molecule has 0 heterocycles. The molecule has 0 unspecified atom stereocenters. The highest BCUT2D eigenvalue weighted by Gasteiger charge is 2.10. The molecular formula is C16H17ClN2O2. The summed E-state index contributed by atoms with van der Waals surface area (Å²) in [5.41, 5.74) is 1.26. The van der Waals surface area contributed by atoms with Crippen LogP contribution in [0.3, 0.4) is 0 Å². The van der Waals surface area contributed by atoms with Gasteiger partial charge in [-0.2, -0.15) is 0 Å². The highest BCUT2D eigenvalue weighted by molar-refractivity contribution is 6.31. The van der Waals surface area contributed by atoms with Crippen molar-refractivity contribution in [3.63, 3.8) is 0 Å². The van der Waals surface area contributed by atoms with Crippen LogP contribution >= 0.6 is 11.6 Å². The SMILES string of the molecule is CNc1ccc(Cl)cc1C(=O)NCCOc1ccccc1. The molecule has 0 spiro atoms. The third kappa shape index (κ3) is 4.39. The Bertz CT molecular complexity index is 602. The third-order valence-corrected chi connectivity index (χ3v) is 3.13. The van der Waals surface area contributed by atoms with E-state index in [1.165, 1.54) is 0 Å². The summed E-state index contributed by atoms with van der Waals surface area (Å²) >= 11 is 5.93. The molecule has 0 saturated heterocycles. The molecular weight excluding hydrogens is 288 g/mol. The van der Waals surface area contributed by atoms with E-state index in [0.717, 1.165) is 11.4 Å². The van der Waals surface area contributed by atoms with Gasteiger partial charge in [-0.3, -0.25) is 4.79 Å². The lowest BCUT2D eigenvalue weighted by Gasteiger charge is -2.11. The number of benzene rings is 2. The predicted molar refractivity (Wildman–Crippen MR) is 85.3 cm³/mol. The molecule has 0 bridgehead atoms. The number of rotatable bonds is 6. The monoisotopic (exact) mass is 304 g/mol. The first-order valence-corrected chi connectivity index (χ1v) is 7.02. The van der Waals surface area contributed by atoms with Crippen LogP contribution in [0.25, 0.3) is 0 Å². The van der Waals surface area contributed by atoms with Crippen LogP contribution < -0.4 is 15.4 Å². The second kappa shape index (κ2) is 7.55. The number of para-hydroxylation sites is 1. The Labute approximate surface area is 129 Å². The van der Waals surface area contributed by atoms with Crippen molar-refractivity contribution >= 4 is 23.2 Å². The minimum atomic E-state index is -0.182. The van der Waals surface area contributed by atoms with Gasteiger partial charge in [-0.05, 0) is 30.3 Å². The number of amides is 1. The predicted octanol–water partition coefficient (Wildman–Crippen LogP) is 3.19. The molecule has 2 rings (SSSR count). The first-order chi connectivity index (χ1) is 10.2. The van der Waals surface area contributed by atoms with Crippen molar-refractivity contribution in [1.29, 1.82) is 0 Å². The number of hydrogen-bond acceptors (Lipinski definition) is 3. The Kier molecular flexibility index (Phi) is 5.46. The zero-order valence-corrected chi connectivity index (χ0v) is 12.5. The second-order valence-electron chi connectivity index (χ2n) is 4.36. The molecule has 2 N–H and O–H groups in total. The third-order valence-electron chi connectivity index (χ3n) is 2.90. The highest BCUT2D eigenvalue weighted by Crippen LogP contribution is 2.20. The van der Waals surface area contributed by atoms with Crippen LogP contribution in [0.4, 0.5) is 5.69 Å². The standard InChI is InChI=1S/C16H17ClN2O2/c1-18-15-8-7-12(17)11-14(15)16(20)19-9-10-21-13-5-3-2-4-6-13/h2-8,11,18H,9-10H2,1H3,(H,19,20). The lowest BCUT2D eigenvalue weighted by Crippen LogP contribution is -2.28. The van der Waals surface area contributed by atoms with Crippen molar-refractivity contribution < 1.29 is 9.53 Å². The number of hydrogen-bond donors (Lipinski definition) is 2. The summed E-state index contributed by atoms with van der Waals surface area (Å²) in [5.74, 6) is 0.601. The molecule has 0 radical (unpaired) electrons. The maximum absolute atomic E-state index is 12.1. The lowest BCUT2D eigenvalue weighted by molar-refractivity contribution is 0.0948. The van der Waals surface area contributed by atoms with Gasteiger partial charge in [0.25, 0.3) is 5.91 Å². The molecule has 4 nitrogen and oxygen atoms in total. The first kappa shape index (κ1) is 15.2. The zero-order chi connectivity index (χ0) is 15.1. The van der Waals surface area contributed by atoms with E-state index < -0.39 is 0 Å². The lowest BCUT2D eigenvalue weighted by atomic mass is 10.1. The molecule has 0 aliphatic rings. The molecule has 0 saturated carbocycles. The second-order valence-corrected chi connectivity index (χ2v) is 4.79. The van der Waals surface area contributed by atoms with Gasteiger partial charge >= 0.3 is 0 Å². The van der Waals surface area contributed by atoms with Crippen LogP contribution in [0.1, 0.15) is 10.4 Å². The van der Waals surface area contributed by atoms with Gasteiger partial charge in [-0.15, -0.1) is 0 Å². The van der Waals surface area contributed by atoms with E-state index in [4.69, 9.17) is 16.3 Å². The minimum absolute atomic E-state index is 0.182. The summed E-state index contributed by atoms with van der Waals surface area (Å²) in [5, 5.41) is 6.31. The Morgan fingerprint density at radius 1 is 1.19 bits per heavy atom. The summed E-state index contributed by atoms with van der Waals surface area (Å²) < 4.78 is 5.52. The number of halogens is 1. The molecule has 0 aliphatic carbocycles. The molecule has 0 aliphatic heterocycles. The Morgan fingerprint density at radius 2 is 1.95 bits per heavy atom. The van der Waals surface area contributed by atoms with Crippen LogP contribution in [-0.4, -0.2) is 26.1 Å². The van der Waals surface area contributed by atoms with E-state index in [0.29, 0.717) is 23.7 Å². The average Bonchev–Trinajstić information content (AvgIpc) is 2.52. The average molecular weight is 305 g/mol. The zero-order valence-electron chi connectivity index (χ0n) is 11.7. The van der Waals surface area contributed by atoms with Crippen molar-refractivity contribution in [3.8, 4) is 5.75 Å². The van der Waals surface area contributed by atoms with Crippen molar-refractivity contribution in [1.82, 2.24) is 5.32 Å². The smallest absolute Gasteiger partial charge is 0.253 e. The van der Waals surface area contributed by atoms with Crippen LogP contribution in [0.15, 0.2) is 48.5 Å². The Hall–Kier alpha value is -2.20. The molecule has 0 fully saturated rings. The molecule has 2 aromatic rings. The maximum Gasteiger partial charge on any atom is 0.253 e. The first-order valence-electron chi connectivity index (χ1n) is 6.64. The molecule has 5 heteroatoms. The fourth-order valence-corrected chi connectivity index (χ4v) is 2.04. The van der Waals surface area contributed by atoms with E-state index in [1.54, 1.807) is 25.2 Å². The molecule has 1 amide bonds. The summed E-state index contributed by atoms with van der Waals surface area (Å²) in [6, 6.07) is 14.6. The van der Waals surface area contributed by atoms with Gasteiger partial charge in [0.1, 0.15) is 12.4 Å². The molecule has 21 heavy (non-hydrogen) atoms. The summed E-state index contributed by atoms with van der Waals surface area (Å²) in [7, 11) is 1.76. The highest BCUT2D eigenvalue weighted by atomic mass is 35.5. The van der Waals surface area contributed by atoms with Gasteiger partial charge in [0.2, 0.25) is 0 Å². The van der Waals surface area contributed by atoms with Crippen LogP contribution in [0.5, 0.6) is 5.75 Å². The van der Waals surface area contributed by atoms with E-state index in [2.05, 4.69) is 10.6 Å². The van der Waals surface area contributed by atoms with Crippen molar-refractivity contribution in [2.45, 2.75) is 0 Å². The van der Waals surface area contributed by atoms with Crippen LogP contribution in [-0.2, 0) is 0 Å². The van der Waals surface area contributed by atoms with Gasteiger partial charge in [-0.1, -0.05) is 29.8 Å². The van der Waals surface area contributed by atoms with Gasteiger partial charge < -0.3 is 15.4 Å². The van der Waals surface area contributed by atoms with E-state index in [-0.39, 0.29) is 5.91 Å². The van der Waals surface area contributed by atoms with E-state index >= 15 is 0 Å². The normalized spacial score (nSPS) is 10.0. The van der Waals surface area contributed by atoms with Crippen LogP contribution in [0, 0.1) is 0 Å². The van der Waals surface area contributed by atoms with Gasteiger partial charge in [0.15, 0.2) is 0 Å². The number of ether oxygens (including phenoxy) is 1. The quantitative estimate of drug-likeness (QED) is 0.806. The minimum Gasteiger partial charge on any atom is -0.492 e. The van der Waals surface area contributed by atoms with Gasteiger partial charge in [0, 0.05) is 17.8 Å². The summed E-state index contributed by atoms with van der Waals surface area (Å²) in [4.78, 5) is 12.1. The number of carbonyl (C=O) groups excluding carboxylic acids is 1. The maximum atomic E-state index is 12.1. The Balaban J connectivity index is 1.86. The number of anilines is 1.